The molecule has 1 aromatic carbocycles. The molecule has 5 nitrogen and oxygen atoms in total. The summed E-state index contributed by atoms with van der Waals surface area (Å²) in [5.74, 6) is 0.915. The molecule has 0 radical (unpaired) electrons. The molecule has 0 saturated heterocycles. The number of fused-ring (bicyclic) bond motifs is 1. The number of urea groups is 1. The van der Waals surface area contributed by atoms with Gasteiger partial charge < -0.3 is 15.2 Å². The Kier molecular flexibility index (Phi) is 5.08. The van der Waals surface area contributed by atoms with Gasteiger partial charge in [-0.1, -0.05) is 12.1 Å². The number of aromatic nitrogens is 2. The van der Waals surface area contributed by atoms with Crippen molar-refractivity contribution in [1.82, 2.24) is 20.2 Å². The molecule has 0 atom stereocenters. The summed E-state index contributed by atoms with van der Waals surface area (Å²) in [6.45, 7) is 2.43. The molecule has 0 saturated carbocycles. The number of nitrogens with one attached hydrogen (secondary N) is 2. The second kappa shape index (κ2) is 7.01. The number of amides is 2. The Balaban J connectivity index is 1.80. The number of hydrogen-bond donors (Lipinski definition) is 2. The first-order valence-electron chi connectivity index (χ1n) is 6.79. The minimum Gasteiger partial charge on any atom is -0.338 e. The van der Waals surface area contributed by atoms with E-state index in [1.165, 1.54) is 0 Å². The van der Waals surface area contributed by atoms with Crippen LogP contribution in [-0.4, -0.2) is 35.1 Å². The average molecular weight is 296 g/mol. The lowest BCUT2D eigenvalue weighted by molar-refractivity contribution is 0.146. The zero-order valence-corrected chi connectivity index (χ0v) is 11.8. The number of carbonyl (C=O) groups is 1. The van der Waals surface area contributed by atoms with Crippen molar-refractivity contribution in [3.05, 3.63) is 30.1 Å². The Labute approximate surface area is 121 Å². The third-order valence-corrected chi connectivity index (χ3v) is 3.11. The molecule has 1 heterocycles. The predicted octanol–water partition coefficient (Wildman–Crippen LogP) is 2.30. The Morgan fingerprint density at radius 1 is 1.33 bits per heavy atom. The maximum absolute atomic E-state index is 11.9. The van der Waals surface area contributed by atoms with Gasteiger partial charge in [-0.3, -0.25) is 0 Å². The van der Waals surface area contributed by atoms with E-state index in [-0.39, 0.29) is 0 Å². The summed E-state index contributed by atoms with van der Waals surface area (Å²) < 4.78 is 25.9. The van der Waals surface area contributed by atoms with Crippen LogP contribution in [0.5, 0.6) is 0 Å². The number of rotatable bonds is 6. The molecule has 0 aliphatic carbocycles. The molecule has 0 bridgehead atoms. The third-order valence-electron chi connectivity index (χ3n) is 3.11. The monoisotopic (exact) mass is 296 g/mol. The fourth-order valence-corrected chi connectivity index (χ4v) is 2.15. The molecule has 2 aromatic rings. The number of nitrogens with zero attached hydrogens (tertiary/aromatic N) is 2. The molecule has 0 unspecified atom stereocenters. The summed E-state index contributed by atoms with van der Waals surface area (Å²) in [7, 11) is 0. The van der Waals surface area contributed by atoms with Gasteiger partial charge in [-0.2, -0.15) is 0 Å². The topological polar surface area (TPSA) is 59.0 Å². The van der Waals surface area contributed by atoms with Crippen LogP contribution in [0.3, 0.4) is 0 Å². The molecule has 2 amide bonds. The second-order valence-corrected chi connectivity index (χ2v) is 4.68. The number of para-hydroxylation sites is 2. The Hall–Kier alpha value is -2.18. The highest BCUT2D eigenvalue weighted by Gasteiger charge is 2.07. The van der Waals surface area contributed by atoms with E-state index in [9.17, 15) is 13.6 Å². The van der Waals surface area contributed by atoms with Crippen molar-refractivity contribution in [2.45, 2.75) is 26.3 Å². The van der Waals surface area contributed by atoms with Gasteiger partial charge in [-0.05, 0) is 25.5 Å². The third kappa shape index (κ3) is 4.14. The lowest BCUT2D eigenvalue weighted by Crippen LogP contribution is -2.38. The Bertz CT molecular complexity index is 612. The molecule has 7 heteroatoms. The second-order valence-electron chi connectivity index (χ2n) is 4.68. The van der Waals surface area contributed by atoms with Crippen LogP contribution in [0.25, 0.3) is 11.0 Å². The number of aryl methyl sites for hydroxylation is 2. The lowest BCUT2D eigenvalue weighted by atomic mass is 10.3. The van der Waals surface area contributed by atoms with Crippen molar-refractivity contribution in [3.63, 3.8) is 0 Å². The van der Waals surface area contributed by atoms with E-state index in [1.807, 2.05) is 31.2 Å². The number of benzene rings is 1. The number of carbonyl (C=O) groups excluding carboxylic acids is 1. The van der Waals surface area contributed by atoms with E-state index in [0.29, 0.717) is 19.5 Å². The minimum atomic E-state index is -2.53. The number of halogens is 2. The van der Waals surface area contributed by atoms with Crippen LogP contribution >= 0.6 is 0 Å². The molecule has 114 valence electrons. The summed E-state index contributed by atoms with van der Waals surface area (Å²) in [5, 5.41) is 4.65. The van der Waals surface area contributed by atoms with Crippen LogP contribution in [0.2, 0.25) is 0 Å². The molecule has 2 rings (SSSR count). The first kappa shape index (κ1) is 15.2. The number of imidazole rings is 1. The lowest BCUT2D eigenvalue weighted by Gasteiger charge is -2.09. The summed E-state index contributed by atoms with van der Waals surface area (Å²) in [5.41, 5.74) is 2.00. The molecule has 0 aliphatic heterocycles. The SMILES string of the molecule is Cc1nc2ccccc2n1CCCNC(=O)NCC(F)F. The average Bonchev–Trinajstić information content (AvgIpc) is 2.77. The van der Waals surface area contributed by atoms with Crippen LogP contribution in [0.1, 0.15) is 12.2 Å². The van der Waals surface area contributed by atoms with Crippen LogP contribution in [0, 0.1) is 6.92 Å². The molecule has 1 aromatic heterocycles. The Morgan fingerprint density at radius 2 is 2.10 bits per heavy atom. The maximum Gasteiger partial charge on any atom is 0.314 e. The van der Waals surface area contributed by atoms with Crippen molar-refractivity contribution in [1.29, 1.82) is 0 Å². The molecule has 0 fully saturated rings. The first-order valence-corrected chi connectivity index (χ1v) is 6.79. The van der Waals surface area contributed by atoms with E-state index < -0.39 is 19.0 Å². The van der Waals surface area contributed by atoms with Crippen molar-refractivity contribution < 1.29 is 13.6 Å². The van der Waals surface area contributed by atoms with Gasteiger partial charge in [0.1, 0.15) is 5.82 Å². The van der Waals surface area contributed by atoms with Crippen molar-refractivity contribution >= 4 is 17.1 Å². The summed E-state index contributed by atoms with van der Waals surface area (Å²) in [6, 6.07) is 7.28. The summed E-state index contributed by atoms with van der Waals surface area (Å²) in [4.78, 5) is 15.7. The van der Waals surface area contributed by atoms with Crippen LogP contribution in [-0.2, 0) is 6.54 Å². The highest BCUT2D eigenvalue weighted by atomic mass is 19.3. The van der Waals surface area contributed by atoms with Crippen LogP contribution in [0.15, 0.2) is 24.3 Å². The summed E-state index contributed by atoms with van der Waals surface area (Å²) in [6.07, 6.45) is -1.83. The summed E-state index contributed by atoms with van der Waals surface area (Å²) >= 11 is 0. The maximum atomic E-state index is 11.9. The zero-order chi connectivity index (χ0) is 15.2. The standard InChI is InChI=1S/C14H18F2N4O/c1-10-19-11-5-2-3-6-12(11)20(10)8-4-7-17-14(21)18-9-13(15)16/h2-3,5-6,13H,4,7-9H2,1H3,(H2,17,18,21). The molecule has 0 spiro atoms. The predicted molar refractivity (Wildman–Crippen MR) is 76.5 cm³/mol. The van der Waals surface area contributed by atoms with Gasteiger partial charge in [0.2, 0.25) is 0 Å². The van der Waals surface area contributed by atoms with Gasteiger partial charge in [0.05, 0.1) is 17.6 Å². The quantitative estimate of drug-likeness (QED) is 0.804. The van der Waals surface area contributed by atoms with Crippen LogP contribution in [0.4, 0.5) is 13.6 Å². The van der Waals surface area contributed by atoms with Gasteiger partial charge in [0.15, 0.2) is 0 Å². The van der Waals surface area contributed by atoms with E-state index in [2.05, 4.69) is 20.2 Å². The highest BCUT2D eigenvalue weighted by molar-refractivity contribution is 5.75. The van der Waals surface area contributed by atoms with Crippen molar-refractivity contribution in [3.8, 4) is 0 Å². The minimum absolute atomic E-state index is 0.418. The van der Waals surface area contributed by atoms with Gasteiger partial charge in [0.25, 0.3) is 6.43 Å². The van der Waals surface area contributed by atoms with Gasteiger partial charge in [0, 0.05) is 13.1 Å². The van der Waals surface area contributed by atoms with Gasteiger partial charge >= 0.3 is 6.03 Å². The van der Waals surface area contributed by atoms with E-state index in [0.717, 1.165) is 16.9 Å². The number of hydrogen-bond acceptors (Lipinski definition) is 2. The fraction of sp³-hybridized carbons (Fsp3) is 0.429. The van der Waals surface area contributed by atoms with Crippen molar-refractivity contribution in [2.75, 3.05) is 13.1 Å². The van der Waals surface area contributed by atoms with Crippen LogP contribution < -0.4 is 10.6 Å². The largest absolute Gasteiger partial charge is 0.338 e. The molecule has 2 N–H and O–H groups in total. The zero-order valence-electron chi connectivity index (χ0n) is 11.8. The van der Waals surface area contributed by atoms with Gasteiger partial charge in [-0.15, -0.1) is 0 Å². The smallest absolute Gasteiger partial charge is 0.314 e. The first-order chi connectivity index (χ1) is 10.1. The highest BCUT2D eigenvalue weighted by Crippen LogP contribution is 2.15. The molecule has 0 aliphatic rings. The fourth-order valence-electron chi connectivity index (χ4n) is 2.15. The van der Waals surface area contributed by atoms with E-state index in [1.54, 1.807) is 0 Å². The normalized spacial score (nSPS) is 11.0. The Morgan fingerprint density at radius 3 is 2.86 bits per heavy atom. The van der Waals surface area contributed by atoms with E-state index >= 15 is 0 Å². The van der Waals surface area contributed by atoms with Crippen molar-refractivity contribution in [2.24, 2.45) is 0 Å². The molecule has 21 heavy (non-hydrogen) atoms. The molecular formula is C14H18F2N4O. The van der Waals surface area contributed by atoms with Gasteiger partial charge in [-0.25, -0.2) is 18.6 Å². The molecular weight excluding hydrogens is 278 g/mol. The van der Waals surface area contributed by atoms with E-state index in [4.69, 9.17) is 0 Å². The number of alkyl halides is 2.